The van der Waals surface area contributed by atoms with Crippen molar-refractivity contribution in [2.24, 2.45) is 5.92 Å². The molecule has 3 aromatic rings. The second-order valence-electron chi connectivity index (χ2n) is 8.54. The molecule has 0 radical (unpaired) electrons. The largest absolute Gasteiger partial charge is 0.497 e. The van der Waals surface area contributed by atoms with Crippen LogP contribution in [0, 0.1) is 17.2 Å². The quantitative estimate of drug-likeness (QED) is 0.462. The van der Waals surface area contributed by atoms with Crippen LogP contribution in [-0.2, 0) is 11.3 Å². The zero-order chi connectivity index (χ0) is 25.9. The van der Waals surface area contributed by atoms with Gasteiger partial charge < -0.3 is 29.6 Å². The Hall–Kier alpha value is -4.72. The predicted octanol–water partition coefficient (Wildman–Crippen LogP) is 2.78. The molecule has 2 aromatic carbocycles. The molecular formula is C26H25N5O6. The van der Waals surface area contributed by atoms with Gasteiger partial charge >= 0.3 is 0 Å². The second kappa shape index (κ2) is 10.1. The van der Waals surface area contributed by atoms with Gasteiger partial charge in [0.05, 0.1) is 39.1 Å². The minimum atomic E-state index is -1.15. The molecule has 3 heterocycles. The van der Waals surface area contributed by atoms with E-state index in [1.807, 2.05) is 24.3 Å². The highest BCUT2D eigenvalue weighted by Crippen LogP contribution is 2.42. The number of amides is 1. The van der Waals surface area contributed by atoms with Gasteiger partial charge in [-0.2, -0.15) is 10.2 Å². The second-order valence-corrected chi connectivity index (χ2v) is 8.54. The standard InChI is InChI=1S/C26H25N5O6/c1-34-15-5-6-16(19(11-15)35-2)21-17(12-27)24(32)29-23-22(21)25(33)31-26(30-23)28-13-14-4-7-18-20(10-14)37-9-3-8-36-18/h4-7,10-11,17,21H,3,8-9,13H2,1-2H3,(H3,28,29,30,31,32,33). The highest BCUT2D eigenvalue weighted by Gasteiger charge is 2.41. The van der Waals surface area contributed by atoms with Gasteiger partial charge in [0.25, 0.3) is 5.56 Å². The maximum absolute atomic E-state index is 13.3. The van der Waals surface area contributed by atoms with Crippen LogP contribution in [0.3, 0.4) is 0 Å². The SMILES string of the molecule is COc1ccc(C2c3c(nc(NCc4ccc5c(c4)OCCCO5)[nH]c3=O)NC(=O)C2C#N)c(OC)c1. The van der Waals surface area contributed by atoms with E-state index in [1.54, 1.807) is 18.2 Å². The number of H-pyrrole nitrogens is 1. The zero-order valence-corrected chi connectivity index (χ0v) is 20.3. The molecule has 11 nitrogen and oxygen atoms in total. The van der Waals surface area contributed by atoms with Crippen molar-refractivity contribution >= 4 is 17.7 Å². The molecule has 5 rings (SSSR count). The average Bonchev–Trinajstić information content (AvgIpc) is 3.15. The van der Waals surface area contributed by atoms with E-state index >= 15 is 0 Å². The Labute approximate surface area is 212 Å². The number of rotatable bonds is 6. The van der Waals surface area contributed by atoms with Crippen LogP contribution in [0.2, 0.25) is 0 Å². The van der Waals surface area contributed by atoms with Crippen LogP contribution >= 0.6 is 0 Å². The molecule has 2 aliphatic rings. The third-order valence-electron chi connectivity index (χ3n) is 6.31. The maximum Gasteiger partial charge on any atom is 0.258 e. The van der Waals surface area contributed by atoms with Crippen molar-refractivity contribution in [2.75, 3.05) is 38.1 Å². The highest BCUT2D eigenvalue weighted by atomic mass is 16.5. The molecule has 190 valence electrons. The highest BCUT2D eigenvalue weighted by molar-refractivity contribution is 5.98. The van der Waals surface area contributed by atoms with Gasteiger partial charge in [-0.3, -0.25) is 14.6 Å². The first-order chi connectivity index (χ1) is 18.0. The third kappa shape index (κ3) is 4.61. The minimum Gasteiger partial charge on any atom is -0.497 e. The van der Waals surface area contributed by atoms with Gasteiger partial charge in [-0.15, -0.1) is 0 Å². The number of nitriles is 1. The van der Waals surface area contributed by atoms with E-state index in [0.29, 0.717) is 48.3 Å². The molecule has 0 aliphatic carbocycles. The molecule has 37 heavy (non-hydrogen) atoms. The number of anilines is 2. The van der Waals surface area contributed by atoms with Crippen LogP contribution in [0.1, 0.15) is 29.0 Å². The van der Waals surface area contributed by atoms with Gasteiger partial charge in [0.15, 0.2) is 11.5 Å². The lowest BCUT2D eigenvalue weighted by Crippen LogP contribution is -2.38. The number of nitrogens with zero attached hydrogens (tertiary/aromatic N) is 2. The Kier molecular flexibility index (Phi) is 6.55. The first-order valence-electron chi connectivity index (χ1n) is 11.7. The van der Waals surface area contributed by atoms with E-state index in [0.717, 1.165) is 12.0 Å². The van der Waals surface area contributed by atoms with Crippen molar-refractivity contribution < 1.29 is 23.7 Å². The number of aromatic nitrogens is 2. The van der Waals surface area contributed by atoms with Crippen LogP contribution in [0.5, 0.6) is 23.0 Å². The monoisotopic (exact) mass is 503 g/mol. The summed E-state index contributed by atoms with van der Waals surface area (Å²) >= 11 is 0. The fourth-order valence-corrected chi connectivity index (χ4v) is 4.51. The molecule has 1 aromatic heterocycles. The van der Waals surface area contributed by atoms with Crippen LogP contribution < -0.4 is 35.1 Å². The van der Waals surface area contributed by atoms with Crippen molar-refractivity contribution in [1.82, 2.24) is 9.97 Å². The summed E-state index contributed by atoms with van der Waals surface area (Å²) in [6.45, 7) is 1.52. The van der Waals surface area contributed by atoms with Crippen LogP contribution in [0.25, 0.3) is 0 Å². The summed E-state index contributed by atoms with van der Waals surface area (Å²) in [5, 5.41) is 15.5. The van der Waals surface area contributed by atoms with Gasteiger partial charge in [0.2, 0.25) is 11.9 Å². The first-order valence-corrected chi connectivity index (χ1v) is 11.7. The van der Waals surface area contributed by atoms with Gasteiger partial charge in [-0.05, 0) is 23.8 Å². The van der Waals surface area contributed by atoms with Gasteiger partial charge in [-0.25, -0.2) is 0 Å². The molecule has 11 heteroatoms. The Morgan fingerprint density at radius 2 is 1.92 bits per heavy atom. The summed E-state index contributed by atoms with van der Waals surface area (Å²) < 4.78 is 22.2. The topological polar surface area (TPSA) is 148 Å². The van der Waals surface area contributed by atoms with E-state index in [4.69, 9.17) is 18.9 Å². The number of fused-ring (bicyclic) bond motifs is 2. The lowest BCUT2D eigenvalue weighted by atomic mass is 9.78. The Bertz CT molecular complexity index is 1450. The van der Waals surface area contributed by atoms with E-state index < -0.39 is 23.3 Å². The zero-order valence-electron chi connectivity index (χ0n) is 20.3. The molecule has 0 fully saturated rings. The molecule has 2 aliphatic heterocycles. The number of carbonyl (C=O) groups is 1. The molecule has 0 saturated carbocycles. The number of ether oxygens (including phenoxy) is 4. The van der Waals surface area contributed by atoms with Crippen LogP contribution in [-0.4, -0.2) is 43.3 Å². The van der Waals surface area contributed by atoms with Gasteiger partial charge in [0, 0.05) is 30.5 Å². The maximum atomic E-state index is 13.3. The lowest BCUT2D eigenvalue weighted by Gasteiger charge is -2.29. The number of carbonyl (C=O) groups excluding carboxylic acids is 1. The van der Waals surface area contributed by atoms with E-state index in [-0.39, 0.29) is 17.3 Å². The Morgan fingerprint density at radius 1 is 1.11 bits per heavy atom. The summed E-state index contributed by atoms with van der Waals surface area (Å²) in [7, 11) is 2.99. The Balaban J connectivity index is 1.47. The summed E-state index contributed by atoms with van der Waals surface area (Å²) in [5.41, 5.74) is 1.09. The van der Waals surface area contributed by atoms with Crippen molar-refractivity contribution in [3.63, 3.8) is 0 Å². The average molecular weight is 504 g/mol. The van der Waals surface area contributed by atoms with E-state index in [2.05, 4.69) is 20.6 Å². The fourth-order valence-electron chi connectivity index (χ4n) is 4.51. The number of hydrogen-bond donors (Lipinski definition) is 3. The molecule has 2 unspecified atom stereocenters. The summed E-state index contributed by atoms with van der Waals surface area (Å²) in [6.07, 6.45) is 0.810. The molecule has 2 atom stereocenters. The summed E-state index contributed by atoms with van der Waals surface area (Å²) in [4.78, 5) is 33.3. The van der Waals surface area contributed by atoms with Crippen molar-refractivity contribution in [1.29, 1.82) is 5.26 Å². The summed E-state index contributed by atoms with van der Waals surface area (Å²) in [6, 6.07) is 12.6. The number of aromatic amines is 1. The predicted molar refractivity (Wildman–Crippen MR) is 133 cm³/mol. The number of hydrogen-bond acceptors (Lipinski definition) is 9. The van der Waals surface area contributed by atoms with E-state index in [9.17, 15) is 14.9 Å². The van der Waals surface area contributed by atoms with Gasteiger partial charge in [0.1, 0.15) is 23.2 Å². The molecule has 1 amide bonds. The van der Waals surface area contributed by atoms with Crippen molar-refractivity contribution in [3.05, 3.63) is 63.4 Å². The molecule has 0 spiro atoms. The number of benzene rings is 2. The molecular weight excluding hydrogens is 478 g/mol. The molecule has 0 bridgehead atoms. The van der Waals surface area contributed by atoms with Crippen LogP contribution in [0.4, 0.5) is 11.8 Å². The van der Waals surface area contributed by atoms with Crippen molar-refractivity contribution in [3.8, 4) is 29.1 Å². The van der Waals surface area contributed by atoms with Crippen LogP contribution in [0.15, 0.2) is 41.2 Å². The normalized spacial score (nSPS) is 18.0. The lowest BCUT2D eigenvalue weighted by molar-refractivity contribution is -0.119. The first kappa shape index (κ1) is 24.0. The third-order valence-corrected chi connectivity index (χ3v) is 6.31. The fraction of sp³-hybridized carbons (Fsp3) is 0.308. The van der Waals surface area contributed by atoms with Crippen molar-refractivity contribution in [2.45, 2.75) is 18.9 Å². The molecule has 0 saturated heterocycles. The Morgan fingerprint density at radius 3 is 2.68 bits per heavy atom. The number of nitrogens with one attached hydrogen (secondary N) is 3. The smallest absolute Gasteiger partial charge is 0.258 e. The number of methoxy groups -OCH3 is 2. The summed E-state index contributed by atoms with van der Waals surface area (Å²) in [5.74, 6) is -0.0515. The van der Waals surface area contributed by atoms with Gasteiger partial charge in [-0.1, -0.05) is 12.1 Å². The molecule has 3 N–H and O–H groups in total. The van der Waals surface area contributed by atoms with E-state index in [1.165, 1.54) is 14.2 Å². The minimum absolute atomic E-state index is 0.0873.